The lowest BCUT2D eigenvalue weighted by molar-refractivity contribution is -0.674. The molecule has 0 saturated carbocycles. The van der Waals surface area contributed by atoms with E-state index in [1.54, 1.807) is 18.2 Å². The van der Waals surface area contributed by atoms with Crippen molar-refractivity contribution in [2.75, 3.05) is 11.9 Å². The van der Waals surface area contributed by atoms with Crippen LogP contribution in [-0.4, -0.2) is 23.5 Å². The van der Waals surface area contributed by atoms with E-state index in [9.17, 15) is 10.1 Å². The molecule has 0 unspecified atom stereocenters. The highest BCUT2D eigenvalue weighted by Crippen LogP contribution is 2.29. The van der Waals surface area contributed by atoms with E-state index in [1.807, 2.05) is 43.3 Å². The van der Waals surface area contributed by atoms with E-state index < -0.39 is 0 Å². The summed E-state index contributed by atoms with van der Waals surface area (Å²) in [5, 5.41) is 15.4. The molecule has 0 radical (unpaired) electrons. The number of quaternary nitrogens is 1. The number of aromatic nitrogens is 1. The van der Waals surface area contributed by atoms with Crippen LogP contribution in [0.15, 0.2) is 85.1 Å². The number of nitriles is 1. The van der Waals surface area contributed by atoms with Gasteiger partial charge in [0, 0.05) is 17.1 Å². The zero-order valence-corrected chi connectivity index (χ0v) is 17.4. The third-order valence-corrected chi connectivity index (χ3v) is 5.64. The summed E-state index contributed by atoms with van der Waals surface area (Å²) >= 11 is 0. The van der Waals surface area contributed by atoms with Gasteiger partial charge in [-0.15, -0.1) is 0 Å². The normalized spacial score (nSPS) is 12.8. The van der Waals surface area contributed by atoms with Gasteiger partial charge in [0.25, 0.3) is 5.91 Å². The first-order valence-electron chi connectivity index (χ1n) is 10.4. The van der Waals surface area contributed by atoms with Crippen LogP contribution in [0.3, 0.4) is 0 Å². The average molecular weight is 410 g/mol. The number of hydrogen-bond acceptors (Lipinski definition) is 2. The number of carbonyl (C=O) groups excluding carboxylic acids is 1. The Labute approximate surface area is 181 Å². The van der Waals surface area contributed by atoms with Crippen LogP contribution >= 0.6 is 0 Å². The van der Waals surface area contributed by atoms with Gasteiger partial charge in [0.15, 0.2) is 6.04 Å². The van der Waals surface area contributed by atoms with Gasteiger partial charge in [-0.25, -0.2) is 0 Å². The number of nitrogens with two attached hydrogens (primary N) is 1. The largest absolute Gasteiger partial charge is 0.361 e. The topological polar surface area (TPSA) is 85.3 Å². The zero-order chi connectivity index (χ0) is 21.6. The average Bonchev–Trinajstić information content (AvgIpc) is 3.24. The van der Waals surface area contributed by atoms with Gasteiger partial charge < -0.3 is 15.6 Å². The van der Waals surface area contributed by atoms with Gasteiger partial charge in [-0.1, -0.05) is 60.7 Å². The number of benzene rings is 3. The maximum Gasteiger partial charge on any atom is 0.282 e. The molecular weight excluding hydrogens is 384 g/mol. The summed E-state index contributed by atoms with van der Waals surface area (Å²) in [7, 11) is 0. The summed E-state index contributed by atoms with van der Waals surface area (Å²) in [6.07, 6.45) is 2.07. The molecule has 0 aliphatic rings. The Bertz CT molecular complexity index is 1220. The molecule has 4 rings (SSSR count). The lowest BCUT2D eigenvalue weighted by atomic mass is 9.90. The van der Waals surface area contributed by atoms with Gasteiger partial charge in [0.05, 0.1) is 23.7 Å². The van der Waals surface area contributed by atoms with Crippen molar-refractivity contribution in [2.24, 2.45) is 0 Å². The first kappa shape index (κ1) is 20.4. The van der Waals surface area contributed by atoms with Gasteiger partial charge >= 0.3 is 0 Å². The Kier molecular flexibility index (Phi) is 6.11. The number of fused-ring (bicyclic) bond motifs is 1. The van der Waals surface area contributed by atoms with Crippen LogP contribution in [0.5, 0.6) is 0 Å². The second-order valence-electron chi connectivity index (χ2n) is 7.66. The summed E-state index contributed by atoms with van der Waals surface area (Å²) in [4.78, 5) is 16.1. The number of amides is 1. The fourth-order valence-corrected chi connectivity index (χ4v) is 3.89. The van der Waals surface area contributed by atoms with E-state index in [-0.39, 0.29) is 17.9 Å². The smallest absolute Gasteiger partial charge is 0.282 e. The molecule has 154 valence electrons. The number of nitrogens with zero attached hydrogens (tertiary/aromatic N) is 1. The number of carbonyl (C=O) groups is 1. The van der Waals surface area contributed by atoms with Crippen molar-refractivity contribution in [2.45, 2.75) is 18.9 Å². The highest BCUT2D eigenvalue weighted by atomic mass is 16.2. The fraction of sp³-hybridized carbons (Fsp3) is 0.154. The molecule has 1 heterocycles. The van der Waals surface area contributed by atoms with Crippen LogP contribution in [0, 0.1) is 11.3 Å². The predicted octanol–water partition coefficient (Wildman–Crippen LogP) is 3.76. The van der Waals surface area contributed by atoms with Crippen LogP contribution in [0.25, 0.3) is 10.9 Å². The van der Waals surface area contributed by atoms with Crippen LogP contribution in [0.1, 0.15) is 29.5 Å². The predicted molar refractivity (Wildman–Crippen MR) is 123 cm³/mol. The van der Waals surface area contributed by atoms with Gasteiger partial charge in [-0.05, 0) is 36.2 Å². The van der Waals surface area contributed by atoms with E-state index in [2.05, 4.69) is 52.1 Å². The molecule has 0 saturated heterocycles. The van der Waals surface area contributed by atoms with Crippen molar-refractivity contribution in [1.29, 1.82) is 5.26 Å². The molecule has 0 aliphatic heterocycles. The highest BCUT2D eigenvalue weighted by molar-refractivity contribution is 5.94. The second-order valence-corrected chi connectivity index (χ2v) is 7.66. The molecule has 4 aromatic rings. The number of nitrogens with one attached hydrogen (secondary N) is 2. The maximum absolute atomic E-state index is 12.8. The van der Waals surface area contributed by atoms with Crippen LogP contribution in [-0.2, 0) is 4.79 Å². The van der Waals surface area contributed by atoms with E-state index in [0.29, 0.717) is 11.3 Å². The number of para-hydroxylation sites is 2. The summed E-state index contributed by atoms with van der Waals surface area (Å²) in [5.41, 5.74) is 4.55. The standard InChI is InChI=1S/C26H24N4O/c1-18(26(31)30-24-13-7-5-11-20(24)15-27)28-16-22(19-9-3-2-4-10-19)23-17-29-25-14-8-6-12-21(23)25/h2-14,17-18,22,28-29H,16H2,1H3,(H,30,31)/p+1/t18-,22-/m1/s1. The molecule has 31 heavy (non-hydrogen) atoms. The number of H-pyrrole nitrogens is 1. The Hall–Kier alpha value is -3.88. The van der Waals surface area contributed by atoms with E-state index in [0.717, 1.165) is 12.1 Å². The van der Waals surface area contributed by atoms with Gasteiger partial charge in [-0.3, -0.25) is 4.79 Å². The highest BCUT2D eigenvalue weighted by Gasteiger charge is 2.23. The maximum atomic E-state index is 12.8. The van der Waals surface area contributed by atoms with Gasteiger partial charge in [-0.2, -0.15) is 5.26 Å². The number of aromatic amines is 1. The molecule has 5 nitrogen and oxygen atoms in total. The van der Waals surface area contributed by atoms with Crippen LogP contribution in [0.4, 0.5) is 5.69 Å². The molecule has 1 amide bonds. The monoisotopic (exact) mass is 409 g/mol. The number of anilines is 1. The lowest BCUT2D eigenvalue weighted by Crippen LogP contribution is -2.92. The number of hydrogen-bond donors (Lipinski definition) is 3. The Morgan fingerprint density at radius 3 is 2.55 bits per heavy atom. The van der Waals surface area contributed by atoms with Crippen molar-refractivity contribution in [3.05, 3.63) is 102 Å². The molecule has 5 heteroatoms. The fourth-order valence-electron chi connectivity index (χ4n) is 3.89. The Morgan fingerprint density at radius 2 is 1.74 bits per heavy atom. The molecule has 2 atom stereocenters. The third kappa shape index (κ3) is 4.50. The molecule has 3 aromatic carbocycles. The van der Waals surface area contributed by atoms with E-state index >= 15 is 0 Å². The minimum absolute atomic E-state index is 0.117. The van der Waals surface area contributed by atoms with Crippen molar-refractivity contribution in [3.8, 4) is 6.07 Å². The van der Waals surface area contributed by atoms with Crippen molar-refractivity contribution in [1.82, 2.24) is 4.98 Å². The Morgan fingerprint density at radius 1 is 1.03 bits per heavy atom. The zero-order valence-electron chi connectivity index (χ0n) is 17.4. The van der Waals surface area contributed by atoms with E-state index in [4.69, 9.17) is 0 Å². The van der Waals surface area contributed by atoms with Crippen molar-refractivity contribution >= 4 is 22.5 Å². The first-order chi connectivity index (χ1) is 15.2. The molecule has 0 fully saturated rings. The summed E-state index contributed by atoms with van der Waals surface area (Å²) < 4.78 is 0. The summed E-state index contributed by atoms with van der Waals surface area (Å²) in [6, 6.07) is 27.5. The summed E-state index contributed by atoms with van der Waals surface area (Å²) in [6.45, 7) is 2.61. The molecular formula is C26H25N4O+. The third-order valence-electron chi connectivity index (χ3n) is 5.64. The van der Waals surface area contributed by atoms with Gasteiger partial charge in [0.1, 0.15) is 6.07 Å². The lowest BCUT2D eigenvalue weighted by Gasteiger charge is -2.19. The minimum Gasteiger partial charge on any atom is -0.361 e. The molecule has 0 aliphatic carbocycles. The second kappa shape index (κ2) is 9.29. The molecule has 1 aromatic heterocycles. The minimum atomic E-state index is -0.303. The van der Waals surface area contributed by atoms with Crippen LogP contribution < -0.4 is 10.6 Å². The molecule has 4 N–H and O–H groups in total. The quantitative estimate of drug-likeness (QED) is 0.434. The van der Waals surface area contributed by atoms with E-state index in [1.165, 1.54) is 16.5 Å². The summed E-state index contributed by atoms with van der Waals surface area (Å²) in [5.74, 6) is 0.0208. The Balaban J connectivity index is 1.53. The van der Waals surface area contributed by atoms with Crippen molar-refractivity contribution < 1.29 is 10.1 Å². The van der Waals surface area contributed by atoms with Crippen LogP contribution in [0.2, 0.25) is 0 Å². The van der Waals surface area contributed by atoms with Crippen molar-refractivity contribution in [3.63, 3.8) is 0 Å². The molecule has 0 spiro atoms. The first-order valence-corrected chi connectivity index (χ1v) is 10.4. The molecule has 0 bridgehead atoms. The number of rotatable bonds is 7. The van der Waals surface area contributed by atoms with Gasteiger partial charge in [0.2, 0.25) is 0 Å². The SMILES string of the molecule is C[C@@H]([NH2+]C[C@H](c1ccccc1)c1c[nH]c2ccccc12)C(=O)Nc1ccccc1C#N.